The van der Waals surface area contributed by atoms with Gasteiger partial charge in [0, 0.05) is 13.1 Å². The highest BCUT2D eigenvalue weighted by Crippen LogP contribution is 2.25. The van der Waals surface area contributed by atoms with Gasteiger partial charge < -0.3 is 10.4 Å². The zero-order valence-electron chi connectivity index (χ0n) is 10.6. The molecule has 1 aromatic carbocycles. The average Bonchev–Trinajstić information content (AvgIpc) is 2.68. The van der Waals surface area contributed by atoms with E-state index in [0.29, 0.717) is 24.8 Å². The second-order valence-corrected chi connectivity index (χ2v) is 6.21. The van der Waals surface area contributed by atoms with Gasteiger partial charge in [-0.15, -0.1) is 0 Å². The van der Waals surface area contributed by atoms with Crippen LogP contribution in [0.2, 0.25) is 0 Å². The number of nitrogens with zero attached hydrogens (tertiary/aromatic N) is 2. The van der Waals surface area contributed by atoms with Crippen molar-refractivity contribution in [3.8, 4) is 0 Å². The molecule has 1 aliphatic heterocycles. The highest BCUT2D eigenvalue weighted by molar-refractivity contribution is 7.22. The van der Waals surface area contributed by atoms with Crippen LogP contribution in [0.25, 0.3) is 10.2 Å². The highest BCUT2D eigenvalue weighted by Gasteiger charge is 2.37. The fourth-order valence-electron chi connectivity index (χ4n) is 2.32. The summed E-state index contributed by atoms with van der Waals surface area (Å²) in [6.45, 7) is 3.15. The molecule has 6 heteroatoms. The largest absolute Gasteiger partial charge is 0.388 e. The van der Waals surface area contributed by atoms with Crippen molar-refractivity contribution in [1.82, 2.24) is 9.88 Å². The summed E-state index contributed by atoms with van der Waals surface area (Å²) in [5.41, 5.74) is 0.255. The normalized spacial score (nSPS) is 18.2. The summed E-state index contributed by atoms with van der Waals surface area (Å²) in [6, 6.07) is 7.79. The zero-order chi connectivity index (χ0) is 13.5. The minimum atomic E-state index is -0.643. The van der Waals surface area contributed by atoms with E-state index in [2.05, 4.69) is 10.3 Å². The lowest BCUT2D eigenvalue weighted by atomic mass is 9.97. The molecular weight excluding hydrogens is 262 g/mol. The van der Waals surface area contributed by atoms with Crippen LogP contribution in [-0.2, 0) is 4.79 Å². The molecule has 0 aliphatic carbocycles. The van der Waals surface area contributed by atoms with E-state index in [9.17, 15) is 9.90 Å². The van der Waals surface area contributed by atoms with Crippen LogP contribution >= 0.6 is 11.3 Å². The summed E-state index contributed by atoms with van der Waals surface area (Å²) in [5, 5.41) is 13.0. The van der Waals surface area contributed by atoms with Gasteiger partial charge in [0.25, 0.3) is 0 Å². The number of carbonyl (C=O) groups is 1. The SMILES string of the molecule is CC1(O)CN(CC(=O)Nc2nc3ccccc3s2)C1. The Morgan fingerprint density at radius 3 is 2.95 bits per heavy atom. The van der Waals surface area contributed by atoms with E-state index in [-0.39, 0.29) is 5.91 Å². The molecule has 19 heavy (non-hydrogen) atoms. The summed E-state index contributed by atoms with van der Waals surface area (Å²) >= 11 is 1.47. The molecule has 2 heterocycles. The summed E-state index contributed by atoms with van der Waals surface area (Å²) in [5.74, 6) is -0.0884. The minimum Gasteiger partial charge on any atom is -0.388 e. The number of carbonyl (C=O) groups excluding carboxylic acids is 1. The third-order valence-electron chi connectivity index (χ3n) is 3.04. The molecule has 1 amide bonds. The first-order valence-electron chi connectivity index (χ1n) is 6.12. The van der Waals surface area contributed by atoms with Gasteiger partial charge in [-0.2, -0.15) is 0 Å². The molecular formula is C13H15N3O2S. The number of hydrogen-bond acceptors (Lipinski definition) is 5. The molecule has 0 atom stereocenters. The van der Waals surface area contributed by atoms with Gasteiger partial charge in [0.05, 0.1) is 22.4 Å². The van der Waals surface area contributed by atoms with E-state index in [1.165, 1.54) is 11.3 Å². The van der Waals surface area contributed by atoms with Crippen molar-refractivity contribution in [3.63, 3.8) is 0 Å². The molecule has 0 spiro atoms. The van der Waals surface area contributed by atoms with Crippen LogP contribution in [0.4, 0.5) is 5.13 Å². The Hall–Kier alpha value is -1.50. The van der Waals surface area contributed by atoms with Gasteiger partial charge in [0.2, 0.25) is 5.91 Å². The van der Waals surface area contributed by atoms with Gasteiger partial charge in [-0.1, -0.05) is 23.5 Å². The Morgan fingerprint density at radius 2 is 2.26 bits per heavy atom. The van der Waals surface area contributed by atoms with Gasteiger partial charge in [0.15, 0.2) is 5.13 Å². The van der Waals surface area contributed by atoms with E-state index in [4.69, 9.17) is 0 Å². The van der Waals surface area contributed by atoms with Gasteiger partial charge in [-0.05, 0) is 19.1 Å². The maximum atomic E-state index is 11.8. The van der Waals surface area contributed by atoms with Crippen molar-refractivity contribution in [2.24, 2.45) is 0 Å². The monoisotopic (exact) mass is 277 g/mol. The number of hydrogen-bond donors (Lipinski definition) is 2. The van der Waals surface area contributed by atoms with Crippen molar-refractivity contribution in [3.05, 3.63) is 24.3 Å². The van der Waals surface area contributed by atoms with Gasteiger partial charge in [-0.3, -0.25) is 9.69 Å². The van der Waals surface area contributed by atoms with Crippen LogP contribution < -0.4 is 5.32 Å². The molecule has 0 radical (unpaired) electrons. The lowest BCUT2D eigenvalue weighted by Crippen LogP contribution is -2.61. The van der Waals surface area contributed by atoms with Crippen LogP contribution in [0.1, 0.15) is 6.92 Å². The molecule has 2 aromatic rings. The van der Waals surface area contributed by atoms with Gasteiger partial charge >= 0.3 is 0 Å². The number of nitrogens with one attached hydrogen (secondary N) is 1. The number of thiazole rings is 1. The summed E-state index contributed by atoms with van der Waals surface area (Å²) in [7, 11) is 0. The molecule has 1 aromatic heterocycles. The summed E-state index contributed by atoms with van der Waals surface area (Å²) in [4.78, 5) is 18.1. The van der Waals surface area contributed by atoms with E-state index in [1.54, 1.807) is 6.92 Å². The molecule has 5 nitrogen and oxygen atoms in total. The molecule has 3 rings (SSSR count). The number of rotatable bonds is 3. The van der Waals surface area contributed by atoms with Crippen molar-refractivity contribution in [2.45, 2.75) is 12.5 Å². The van der Waals surface area contributed by atoms with Crippen LogP contribution in [0.3, 0.4) is 0 Å². The van der Waals surface area contributed by atoms with Crippen molar-refractivity contribution < 1.29 is 9.90 Å². The van der Waals surface area contributed by atoms with Gasteiger partial charge in [-0.25, -0.2) is 4.98 Å². The summed E-state index contributed by atoms with van der Waals surface area (Å²) < 4.78 is 1.06. The van der Waals surface area contributed by atoms with Crippen LogP contribution in [0, 0.1) is 0 Å². The number of amides is 1. The lowest BCUT2D eigenvalue weighted by Gasteiger charge is -2.43. The quantitative estimate of drug-likeness (QED) is 0.887. The van der Waals surface area contributed by atoms with E-state index in [0.717, 1.165) is 10.2 Å². The second-order valence-electron chi connectivity index (χ2n) is 5.18. The minimum absolute atomic E-state index is 0.0884. The summed E-state index contributed by atoms with van der Waals surface area (Å²) in [6.07, 6.45) is 0. The third-order valence-corrected chi connectivity index (χ3v) is 3.99. The Morgan fingerprint density at radius 1 is 1.53 bits per heavy atom. The molecule has 100 valence electrons. The number of fused-ring (bicyclic) bond motifs is 1. The fraction of sp³-hybridized carbons (Fsp3) is 0.385. The first kappa shape index (κ1) is 12.5. The topological polar surface area (TPSA) is 65.5 Å². The number of likely N-dealkylation sites (tertiary alicyclic amines) is 1. The van der Waals surface area contributed by atoms with Gasteiger partial charge in [0.1, 0.15) is 0 Å². The molecule has 1 saturated heterocycles. The van der Waals surface area contributed by atoms with E-state index in [1.807, 2.05) is 29.2 Å². The van der Waals surface area contributed by atoms with Crippen molar-refractivity contribution in [2.75, 3.05) is 25.0 Å². The fourth-order valence-corrected chi connectivity index (χ4v) is 3.20. The zero-order valence-corrected chi connectivity index (χ0v) is 11.4. The average molecular weight is 277 g/mol. The number of benzene rings is 1. The smallest absolute Gasteiger partial charge is 0.240 e. The number of aromatic nitrogens is 1. The Balaban J connectivity index is 1.60. The highest BCUT2D eigenvalue weighted by atomic mass is 32.1. The first-order chi connectivity index (χ1) is 9.02. The lowest BCUT2D eigenvalue weighted by molar-refractivity contribution is -0.125. The van der Waals surface area contributed by atoms with Crippen LogP contribution in [0.15, 0.2) is 24.3 Å². The number of para-hydroxylation sites is 1. The second kappa shape index (κ2) is 4.56. The maximum Gasteiger partial charge on any atom is 0.240 e. The van der Waals surface area contributed by atoms with E-state index >= 15 is 0 Å². The Labute approximate surface area is 114 Å². The molecule has 1 fully saturated rings. The van der Waals surface area contributed by atoms with Crippen LogP contribution in [0.5, 0.6) is 0 Å². The molecule has 0 unspecified atom stereocenters. The third kappa shape index (κ3) is 2.75. The van der Waals surface area contributed by atoms with E-state index < -0.39 is 5.60 Å². The predicted octanol–water partition coefficient (Wildman–Crippen LogP) is 1.30. The number of aliphatic hydroxyl groups is 1. The predicted molar refractivity (Wildman–Crippen MR) is 75.3 cm³/mol. The number of anilines is 1. The number of β-amino-alcohol motifs (C(OH)–C–C–N with tert-alkyl or cyclic N) is 1. The Bertz CT molecular complexity index is 582. The Kier molecular flexibility index (Phi) is 3.00. The standard InChI is InChI=1S/C13H15N3O2S/c1-13(18)7-16(8-13)6-11(17)15-12-14-9-4-2-3-5-10(9)19-12/h2-5,18H,6-8H2,1H3,(H,14,15,17). The van der Waals surface area contributed by atoms with Crippen LogP contribution in [-0.4, -0.2) is 46.1 Å². The molecule has 2 N–H and O–H groups in total. The first-order valence-corrected chi connectivity index (χ1v) is 6.94. The van der Waals surface area contributed by atoms with Crippen molar-refractivity contribution >= 4 is 32.6 Å². The molecule has 0 saturated carbocycles. The maximum absolute atomic E-state index is 11.8. The molecule has 1 aliphatic rings. The van der Waals surface area contributed by atoms with Crippen molar-refractivity contribution in [1.29, 1.82) is 0 Å². The molecule has 0 bridgehead atoms.